The number of nitrogens with two attached hydrogens (primary N) is 1. The first kappa shape index (κ1) is 28.2. The number of carbonyl (C=O) groups excluding carboxylic acids is 3. The van der Waals surface area contributed by atoms with E-state index in [-0.39, 0.29) is 6.42 Å². The fraction of sp³-hybridized carbons (Fsp3) is 0.276. The Morgan fingerprint density at radius 1 is 0.816 bits per heavy atom. The molecule has 3 rings (SSSR count). The zero-order chi connectivity index (χ0) is 27.5. The molecule has 0 aliphatic heterocycles. The molecule has 0 aliphatic rings. The Bertz CT molecular complexity index is 1210. The van der Waals surface area contributed by atoms with Gasteiger partial charge in [0.05, 0.1) is 0 Å². The second kappa shape index (κ2) is 13.3. The molecule has 0 bridgehead atoms. The summed E-state index contributed by atoms with van der Waals surface area (Å²) in [5.74, 6) is -0.434. The van der Waals surface area contributed by atoms with E-state index < -0.39 is 29.6 Å². The van der Waals surface area contributed by atoms with Gasteiger partial charge in [0.2, 0.25) is 0 Å². The average Bonchev–Trinajstić information content (AvgIpc) is 2.90. The molecule has 0 heterocycles. The highest BCUT2D eigenvalue weighted by atomic mass is 16.6. The molecule has 38 heavy (non-hydrogen) atoms. The lowest BCUT2D eigenvalue weighted by Crippen LogP contribution is -2.53. The van der Waals surface area contributed by atoms with Crippen molar-refractivity contribution in [3.63, 3.8) is 0 Å². The van der Waals surface area contributed by atoms with Crippen LogP contribution in [0.2, 0.25) is 0 Å². The molecule has 0 radical (unpaired) electrons. The molecule has 0 aromatic heterocycles. The fourth-order valence-electron chi connectivity index (χ4n) is 3.43. The monoisotopic (exact) mass is 518 g/mol. The number of amides is 3. The van der Waals surface area contributed by atoms with Crippen molar-refractivity contribution in [3.8, 4) is 5.75 Å². The predicted molar refractivity (Wildman–Crippen MR) is 144 cm³/mol. The van der Waals surface area contributed by atoms with Gasteiger partial charge in [-0.1, -0.05) is 54.6 Å². The van der Waals surface area contributed by atoms with Gasteiger partial charge in [0.1, 0.15) is 24.0 Å². The van der Waals surface area contributed by atoms with Crippen LogP contribution in [0, 0.1) is 0 Å². The number of hydrogen-bond donors (Lipinski definition) is 4. The lowest BCUT2D eigenvalue weighted by atomic mass is 10.1. The summed E-state index contributed by atoms with van der Waals surface area (Å²) < 4.78 is 11.1. The molecule has 0 aliphatic carbocycles. The van der Waals surface area contributed by atoms with Gasteiger partial charge in [-0.25, -0.2) is 4.79 Å². The largest absolute Gasteiger partial charge is 0.489 e. The Hall–Kier alpha value is -4.37. The second-order valence-electron chi connectivity index (χ2n) is 9.67. The first-order chi connectivity index (χ1) is 18.1. The van der Waals surface area contributed by atoms with Crippen molar-refractivity contribution in [1.29, 1.82) is 0 Å². The average molecular weight is 519 g/mol. The highest BCUT2D eigenvalue weighted by molar-refractivity contribution is 5.96. The third-order valence-corrected chi connectivity index (χ3v) is 5.37. The minimum atomic E-state index is -1.01. The van der Waals surface area contributed by atoms with Gasteiger partial charge >= 0.3 is 6.09 Å². The minimum Gasteiger partial charge on any atom is -0.489 e. The summed E-state index contributed by atoms with van der Waals surface area (Å²) in [6, 6.07) is 22.7. The normalized spacial score (nSPS) is 11.7. The number of carbonyl (C=O) groups is 3. The van der Waals surface area contributed by atoms with Crippen LogP contribution in [0.15, 0.2) is 78.9 Å². The Morgan fingerprint density at radius 2 is 1.45 bits per heavy atom. The van der Waals surface area contributed by atoms with Gasteiger partial charge in [0.15, 0.2) is 0 Å². The van der Waals surface area contributed by atoms with Gasteiger partial charge in [-0.3, -0.25) is 20.4 Å². The van der Waals surface area contributed by atoms with E-state index in [4.69, 9.17) is 15.2 Å². The van der Waals surface area contributed by atoms with Crippen molar-refractivity contribution in [3.05, 3.63) is 101 Å². The molecular formula is C29H34N4O5. The van der Waals surface area contributed by atoms with Gasteiger partial charge in [-0.15, -0.1) is 0 Å². The molecule has 0 spiro atoms. The fourth-order valence-corrected chi connectivity index (χ4v) is 3.43. The number of nitrogens with one attached hydrogen (secondary N) is 3. The first-order valence-electron chi connectivity index (χ1n) is 12.3. The summed E-state index contributed by atoms with van der Waals surface area (Å²) in [5, 5.41) is 2.59. The molecule has 9 nitrogen and oxygen atoms in total. The lowest BCUT2D eigenvalue weighted by molar-refractivity contribution is -0.124. The van der Waals surface area contributed by atoms with Gasteiger partial charge in [-0.2, -0.15) is 0 Å². The quantitative estimate of drug-likeness (QED) is 0.320. The van der Waals surface area contributed by atoms with E-state index in [1.165, 1.54) is 0 Å². The van der Waals surface area contributed by atoms with E-state index in [1.54, 1.807) is 57.2 Å². The van der Waals surface area contributed by atoms with E-state index >= 15 is 0 Å². The minimum absolute atomic E-state index is 0.158. The Balaban J connectivity index is 1.63. The van der Waals surface area contributed by atoms with Crippen LogP contribution in [0.1, 0.15) is 47.8 Å². The molecule has 5 N–H and O–H groups in total. The lowest BCUT2D eigenvalue weighted by Gasteiger charge is -2.23. The zero-order valence-electron chi connectivity index (χ0n) is 21.8. The molecule has 200 valence electrons. The summed E-state index contributed by atoms with van der Waals surface area (Å²) in [5.41, 5.74) is 12.7. The Morgan fingerprint density at radius 3 is 2.05 bits per heavy atom. The Labute approximate surface area is 222 Å². The molecular weight excluding hydrogens is 484 g/mol. The van der Waals surface area contributed by atoms with E-state index in [2.05, 4.69) is 16.2 Å². The number of alkyl carbamates (subject to hydrolysis) is 1. The molecule has 3 amide bonds. The van der Waals surface area contributed by atoms with E-state index in [0.717, 1.165) is 16.7 Å². The van der Waals surface area contributed by atoms with Gasteiger partial charge in [0, 0.05) is 18.5 Å². The van der Waals surface area contributed by atoms with E-state index in [9.17, 15) is 14.4 Å². The molecule has 3 aromatic rings. The van der Waals surface area contributed by atoms with E-state index in [1.807, 2.05) is 42.5 Å². The van der Waals surface area contributed by atoms with Gasteiger partial charge < -0.3 is 20.5 Å². The smallest absolute Gasteiger partial charge is 0.408 e. The van der Waals surface area contributed by atoms with Crippen LogP contribution in [0.25, 0.3) is 0 Å². The van der Waals surface area contributed by atoms with Crippen LogP contribution in [-0.4, -0.2) is 29.6 Å². The van der Waals surface area contributed by atoms with Crippen LogP contribution in [-0.2, 0) is 29.1 Å². The zero-order valence-corrected chi connectivity index (χ0v) is 21.8. The first-order valence-corrected chi connectivity index (χ1v) is 12.3. The number of hydrogen-bond acceptors (Lipinski definition) is 6. The van der Waals surface area contributed by atoms with Crippen LogP contribution >= 0.6 is 0 Å². The Kier molecular flexibility index (Phi) is 9.84. The SMILES string of the molecule is CC(C)(C)OC(=O)NC(Cc1ccc(OCc2ccccc2)cc1)C(=O)NNC(=O)c1ccc(CN)cc1. The van der Waals surface area contributed by atoms with Gasteiger partial charge in [-0.05, 0) is 61.7 Å². The summed E-state index contributed by atoms with van der Waals surface area (Å²) in [7, 11) is 0. The van der Waals surface area contributed by atoms with Crippen molar-refractivity contribution in [2.45, 2.75) is 52.0 Å². The van der Waals surface area contributed by atoms with Crippen LogP contribution in [0.5, 0.6) is 5.75 Å². The molecule has 9 heteroatoms. The maximum atomic E-state index is 13.0. The van der Waals surface area contributed by atoms with Crippen molar-refractivity contribution in [2.75, 3.05) is 0 Å². The van der Waals surface area contributed by atoms with Crippen LogP contribution < -0.4 is 26.6 Å². The van der Waals surface area contributed by atoms with Gasteiger partial charge in [0.25, 0.3) is 11.8 Å². The standard InChI is InChI=1S/C29H34N4O5/c1-29(2,3)38-28(36)31-25(27(35)33-32-26(34)23-13-9-21(18-30)10-14-23)17-20-11-15-24(16-12-20)37-19-22-7-5-4-6-8-22/h4-16,25H,17-19,30H2,1-3H3,(H,31,36)(H,32,34)(H,33,35). The molecule has 0 saturated carbocycles. The number of benzene rings is 3. The molecule has 0 fully saturated rings. The van der Waals surface area contributed by atoms with Crippen molar-refractivity contribution in [2.24, 2.45) is 5.73 Å². The van der Waals surface area contributed by atoms with Crippen molar-refractivity contribution in [1.82, 2.24) is 16.2 Å². The van der Waals surface area contributed by atoms with Crippen LogP contribution in [0.4, 0.5) is 4.79 Å². The highest BCUT2D eigenvalue weighted by Gasteiger charge is 2.25. The third-order valence-electron chi connectivity index (χ3n) is 5.37. The molecule has 0 saturated heterocycles. The number of rotatable bonds is 9. The topological polar surface area (TPSA) is 132 Å². The summed E-state index contributed by atoms with van der Waals surface area (Å²) in [4.78, 5) is 37.9. The number of ether oxygens (including phenoxy) is 2. The summed E-state index contributed by atoms with van der Waals surface area (Å²) >= 11 is 0. The predicted octanol–water partition coefficient (Wildman–Crippen LogP) is 3.62. The van der Waals surface area contributed by atoms with Crippen molar-refractivity contribution >= 4 is 17.9 Å². The second-order valence-corrected chi connectivity index (χ2v) is 9.67. The summed E-state index contributed by atoms with van der Waals surface area (Å²) in [6.07, 6.45) is -0.588. The number of hydrazine groups is 1. The van der Waals surface area contributed by atoms with Crippen LogP contribution in [0.3, 0.4) is 0 Å². The third kappa shape index (κ3) is 9.25. The maximum Gasteiger partial charge on any atom is 0.408 e. The maximum absolute atomic E-state index is 13.0. The molecule has 1 unspecified atom stereocenters. The summed E-state index contributed by atoms with van der Waals surface area (Å²) in [6.45, 7) is 5.97. The van der Waals surface area contributed by atoms with E-state index in [0.29, 0.717) is 24.5 Å². The molecule has 1 atom stereocenters. The van der Waals surface area contributed by atoms with Crippen molar-refractivity contribution < 1.29 is 23.9 Å². The molecule has 3 aromatic carbocycles. The highest BCUT2D eigenvalue weighted by Crippen LogP contribution is 2.16.